The van der Waals surface area contributed by atoms with Crippen LogP contribution >= 0.6 is 0 Å². The number of carbonyl (C=O) groups excluding carboxylic acids is 1. The molecule has 1 atom stereocenters. The zero-order valence-electron chi connectivity index (χ0n) is 9.75. The van der Waals surface area contributed by atoms with Crippen LogP contribution in [0.2, 0.25) is 0 Å². The number of ether oxygens (including phenoxy) is 2. The second-order valence-corrected chi connectivity index (χ2v) is 4.58. The van der Waals surface area contributed by atoms with Crippen molar-refractivity contribution in [2.24, 2.45) is 0 Å². The van der Waals surface area contributed by atoms with Crippen LogP contribution in [0, 0.1) is 0 Å². The van der Waals surface area contributed by atoms with Crippen molar-refractivity contribution in [2.45, 2.75) is 37.4 Å². The summed E-state index contributed by atoms with van der Waals surface area (Å²) in [6.45, 7) is 2.64. The van der Waals surface area contributed by atoms with Crippen molar-refractivity contribution in [1.82, 2.24) is 10.6 Å². The van der Waals surface area contributed by atoms with E-state index in [-0.39, 0.29) is 17.8 Å². The molecule has 5 heteroatoms. The minimum Gasteiger partial charge on any atom is -0.453 e. The lowest BCUT2D eigenvalue weighted by molar-refractivity contribution is -0.0577. The summed E-state index contributed by atoms with van der Waals surface area (Å²) in [5.41, 5.74) is 0.0771. The van der Waals surface area contributed by atoms with Crippen LogP contribution in [0.4, 0.5) is 4.79 Å². The highest BCUT2D eigenvalue weighted by Crippen LogP contribution is 2.36. The summed E-state index contributed by atoms with van der Waals surface area (Å²) in [5.74, 6) is 0. The lowest BCUT2D eigenvalue weighted by Gasteiger charge is -2.33. The maximum absolute atomic E-state index is 10.9. The first-order valence-electron chi connectivity index (χ1n) is 5.94. The molecule has 2 fully saturated rings. The van der Waals surface area contributed by atoms with Crippen molar-refractivity contribution in [1.29, 1.82) is 0 Å². The second-order valence-electron chi connectivity index (χ2n) is 4.58. The van der Waals surface area contributed by atoms with E-state index in [1.54, 1.807) is 0 Å². The molecule has 2 N–H and O–H groups in total. The highest BCUT2D eigenvalue weighted by molar-refractivity contribution is 5.66. The number of nitrogens with one attached hydrogen (secondary N) is 2. The van der Waals surface area contributed by atoms with Crippen molar-refractivity contribution >= 4 is 6.09 Å². The third-order valence-corrected chi connectivity index (χ3v) is 3.51. The van der Waals surface area contributed by atoms with Crippen molar-refractivity contribution in [3.05, 3.63) is 0 Å². The molecule has 0 saturated carbocycles. The Morgan fingerprint density at radius 3 is 2.94 bits per heavy atom. The Morgan fingerprint density at radius 2 is 2.25 bits per heavy atom. The average molecular weight is 228 g/mol. The maximum atomic E-state index is 10.9. The normalized spacial score (nSPS) is 27.9. The zero-order valence-corrected chi connectivity index (χ0v) is 9.75. The van der Waals surface area contributed by atoms with E-state index >= 15 is 0 Å². The minimum atomic E-state index is -0.380. The predicted molar refractivity (Wildman–Crippen MR) is 59.3 cm³/mol. The van der Waals surface area contributed by atoms with Crippen LogP contribution in [0.3, 0.4) is 0 Å². The molecule has 92 valence electrons. The largest absolute Gasteiger partial charge is 0.453 e. The Hall–Kier alpha value is -0.810. The standard InChI is InChI=1S/C11H20N2O3/c1-15-10(14)13-8-9-2-3-11(16-9)4-6-12-7-5-11/h9,12H,2-8H2,1H3,(H,13,14). The third-order valence-electron chi connectivity index (χ3n) is 3.51. The van der Waals surface area contributed by atoms with Gasteiger partial charge in [0.15, 0.2) is 0 Å². The minimum absolute atomic E-state index is 0.0771. The van der Waals surface area contributed by atoms with Gasteiger partial charge in [-0.25, -0.2) is 4.79 Å². The van der Waals surface area contributed by atoms with Gasteiger partial charge >= 0.3 is 6.09 Å². The number of rotatable bonds is 2. The molecule has 16 heavy (non-hydrogen) atoms. The van der Waals surface area contributed by atoms with E-state index in [1.165, 1.54) is 7.11 Å². The lowest BCUT2D eigenvalue weighted by Crippen LogP contribution is -2.43. The molecular weight excluding hydrogens is 208 g/mol. The summed E-state index contributed by atoms with van der Waals surface area (Å²) in [6, 6.07) is 0. The Balaban J connectivity index is 1.76. The van der Waals surface area contributed by atoms with Crippen LogP contribution in [-0.2, 0) is 9.47 Å². The quantitative estimate of drug-likeness (QED) is 0.728. The van der Waals surface area contributed by atoms with Crippen LogP contribution in [0.15, 0.2) is 0 Å². The van der Waals surface area contributed by atoms with Crippen LogP contribution in [-0.4, -0.2) is 44.5 Å². The highest BCUT2D eigenvalue weighted by Gasteiger charge is 2.40. The third kappa shape index (κ3) is 2.65. The van der Waals surface area contributed by atoms with Gasteiger partial charge in [-0.1, -0.05) is 0 Å². The predicted octanol–water partition coefficient (Wildman–Crippen LogP) is 0.644. The molecular formula is C11H20N2O3. The van der Waals surface area contributed by atoms with Crippen molar-refractivity contribution in [2.75, 3.05) is 26.7 Å². The number of methoxy groups -OCH3 is 1. The molecule has 2 rings (SSSR count). The second kappa shape index (κ2) is 5.01. The molecule has 2 saturated heterocycles. The van der Waals surface area contributed by atoms with E-state index in [1.807, 2.05) is 0 Å². The van der Waals surface area contributed by atoms with E-state index in [0.29, 0.717) is 6.54 Å². The Labute approximate surface area is 95.9 Å². The first-order valence-corrected chi connectivity index (χ1v) is 5.94. The van der Waals surface area contributed by atoms with Gasteiger partial charge in [-0.05, 0) is 38.8 Å². The molecule has 0 aromatic heterocycles. The van der Waals surface area contributed by atoms with Crippen LogP contribution in [0.5, 0.6) is 0 Å². The first kappa shape index (κ1) is 11.7. The molecule has 0 radical (unpaired) electrons. The van der Waals surface area contributed by atoms with Gasteiger partial charge < -0.3 is 20.1 Å². The molecule has 2 aliphatic rings. The monoisotopic (exact) mass is 228 g/mol. The van der Waals surface area contributed by atoms with E-state index in [2.05, 4.69) is 15.4 Å². The SMILES string of the molecule is COC(=O)NCC1CCC2(CCNCC2)O1. The maximum Gasteiger partial charge on any atom is 0.406 e. The summed E-state index contributed by atoms with van der Waals surface area (Å²) in [6.07, 6.45) is 4.09. The lowest BCUT2D eigenvalue weighted by atomic mass is 9.89. The van der Waals surface area contributed by atoms with Crippen molar-refractivity contribution in [3.63, 3.8) is 0 Å². The topological polar surface area (TPSA) is 59.6 Å². The number of carbonyl (C=O) groups is 1. The Kier molecular flexibility index (Phi) is 3.66. The smallest absolute Gasteiger partial charge is 0.406 e. The summed E-state index contributed by atoms with van der Waals surface area (Å²) in [7, 11) is 1.37. The van der Waals surface area contributed by atoms with Gasteiger partial charge in [0.05, 0.1) is 18.8 Å². The van der Waals surface area contributed by atoms with Gasteiger partial charge in [0.2, 0.25) is 0 Å². The molecule has 0 aliphatic carbocycles. The zero-order chi connectivity index (χ0) is 11.4. The van der Waals surface area contributed by atoms with Gasteiger partial charge in [-0.2, -0.15) is 0 Å². The highest BCUT2D eigenvalue weighted by atomic mass is 16.5. The van der Waals surface area contributed by atoms with Crippen LogP contribution in [0.1, 0.15) is 25.7 Å². The molecule has 0 bridgehead atoms. The summed E-state index contributed by atoms with van der Waals surface area (Å²) in [5, 5.41) is 6.03. The van der Waals surface area contributed by atoms with Gasteiger partial charge in [0, 0.05) is 6.54 Å². The molecule has 1 amide bonds. The van der Waals surface area contributed by atoms with Gasteiger partial charge in [0.25, 0.3) is 0 Å². The molecule has 1 unspecified atom stereocenters. The molecule has 0 aromatic rings. The van der Waals surface area contributed by atoms with E-state index < -0.39 is 0 Å². The Morgan fingerprint density at radius 1 is 1.50 bits per heavy atom. The number of hydrogen-bond acceptors (Lipinski definition) is 4. The fraction of sp³-hybridized carbons (Fsp3) is 0.909. The van der Waals surface area contributed by atoms with E-state index in [4.69, 9.17) is 4.74 Å². The fourth-order valence-corrected chi connectivity index (χ4v) is 2.56. The van der Waals surface area contributed by atoms with Crippen LogP contribution in [0.25, 0.3) is 0 Å². The van der Waals surface area contributed by atoms with Crippen LogP contribution < -0.4 is 10.6 Å². The number of piperidine rings is 1. The molecule has 0 aromatic carbocycles. The van der Waals surface area contributed by atoms with Gasteiger partial charge in [-0.3, -0.25) is 0 Å². The molecule has 2 aliphatic heterocycles. The summed E-state index contributed by atoms with van der Waals surface area (Å²) < 4.78 is 10.6. The Bertz CT molecular complexity index is 252. The fourth-order valence-electron chi connectivity index (χ4n) is 2.56. The average Bonchev–Trinajstić information content (AvgIpc) is 2.70. The first-order chi connectivity index (χ1) is 7.74. The molecule has 2 heterocycles. The van der Waals surface area contributed by atoms with Gasteiger partial charge in [-0.15, -0.1) is 0 Å². The van der Waals surface area contributed by atoms with E-state index in [0.717, 1.165) is 38.8 Å². The summed E-state index contributed by atoms with van der Waals surface area (Å²) >= 11 is 0. The van der Waals surface area contributed by atoms with Gasteiger partial charge in [0.1, 0.15) is 0 Å². The number of hydrogen-bond donors (Lipinski definition) is 2. The number of alkyl carbamates (subject to hydrolysis) is 1. The molecule has 1 spiro atoms. The van der Waals surface area contributed by atoms with Crippen molar-refractivity contribution < 1.29 is 14.3 Å². The van der Waals surface area contributed by atoms with Crippen molar-refractivity contribution in [3.8, 4) is 0 Å². The van der Waals surface area contributed by atoms with E-state index in [9.17, 15) is 4.79 Å². The molecule has 5 nitrogen and oxygen atoms in total. The number of amides is 1. The summed E-state index contributed by atoms with van der Waals surface area (Å²) in [4.78, 5) is 10.9.